The van der Waals surface area contributed by atoms with Crippen molar-refractivity contribution < 1.29 is 5.11 Å². The van der Waals surface area contributed by atoms with Gasteiger partial charge in [-0.2, -0.15) is 0 Å². The van der Waals surface area contributed by atoms with E-state index in [4.69, 9.17) is 11.6 Å². The molecule has 3 fully saturated rings. The molecule has 3 rings (SSSR count). The van der Waals surface area contributed by atoms with E-state index < -0.39 is 0 Å². The van der Waals surface area contributed by atoms with Crippen LogP contribution in [0.5, 0.6) is 0 Å². The summed E-state index contributed by atoms with van der Waals surface area (Å²) in [4.78, 5) is -0.0445. The standard InChI is InChI=1S/C9H15ClO/c1-8-2-4-9(10,5-3-8)6-7(8)11/h7,11H,2-6H2,1H3. The lowest BCUT2D eigenvalue weighted by Crippen LogP contribution is -2.50. The number of rotatable bonds is 0. The molecule has 0 heterocycles. The van der Waals surface area contributed by atoms with E-state index in [0.29, 0.717) is 0 Å². The summed E-state index contributed by atoms with van der Waals surface area (Å²) >= 11 is 6.29. The molecule has 1 N–H and O–H groups in total. The number of hydrogen-bond donors (Lipinski definition) is 1. The molecule has 3 aliphatic carbocycles. The normalized spacial score (nSPS) is 56.5. The zero-order chi connectivity index (χ0) is 8.11. The van der Waals surface area contributed by atoms with E-state index in [-0.39, 0.29) is 16.4 Å². The number of hydrogen-bond acceptors (Lipinski definition) is 1. The second-order valence-electron chi connectivity index (χ2n) is 4.52. The summed E-state index contributed by atoms with van der Waals surface area (Å²) in [5.74, 6) is 0. The van der Waals surface area contributed by atoms with Crippen LogP contribution in [0.15, 0.2) is 0 Å². The van der Waals surface area contributed by atoms with Crippen molar-refractivity contribution in [3.05, 3.63) is 0 Å². The zero-order valence-corrected chi connectivity index (χ0v) is 7.69. The molecule has 1 atom stereocenters. The molecular formula is C9H15ClO. The Labute approximate surface area is 72.7 Å². The minimum absolute atomic E-state index is 0.0445. The third-order valence-electron chi connectivity index (χ3n) is 3.65. The molecule has 0 radical (unpaired) electrons. The predicted octanol–water partition coefficient (Wildman–Crippen LogP) is 2.31. The third kappa shape index (κ3) is 1.09. The molecule has 64 valence electrons. The van der Waals surface area contributed by atoms with E-state index in [1.54, 1.807) is 0 Å². The SMILES string of the molecule is CC12CCC(Cl)(CC1)CC2O. The molecule has 0 spiro atoms. The fourth-order valence-electron chi connectivity index (χ4n) is 2.40. The van der Waals surface area contributed by atoms with Crippen molar-refractivity contribution in [1.82, 2.24) is 0 Å². The van der Waals surface area contributed by atoms with Crippen molar-refractivity contribution in [2.45, 2.75) is 50.0 Å². The molecule has 11 heavy (non-hydrogen) atoms. The van der Waals surface area contributed by atoms with Gasteiger partial charge in [0.2, 0.25) is 0 Å². The van der Waals surface area contributed by atoms with E-state index in [0.717, 1.165) is 32.1 Å². The van der Waals surface area contributed by atoms with E-state index in [1.165, 1.54) is 0 Å². The van der Waals surface area contributed by atoms with Crippen LogP contribution in [0.3, 0.4) is 0 Å². The van der Waals surface area contributed by atoms with Crippen molar-refractivity contribution in [3.63, 3.8) is 0 Å². The highest BCUT2D eigenvalue weighted by Crippen LogP contribution is 2.54. The van der Waals surface area contributed by atoms with Crippen molar-refractivity contribution in [2.75, 3.05) is 0 Å². The maximum Gasteiger partial charge on any atom is 0.0610 e. The van der Waals surface area contributed by atoms with E-state index >= 15 is 0 Å². The van der Waals surface area contributed by atoms with Crippen LogP contribution in [0.1, 0.15) is 39.0 Å². The molecule has 0 aromatic carbocycles. The van der Waals surface area contributed by atoms with Crippen molar-refractivity contribution in [3.8, 4) is 0 Å². The summed E-state index contributed by atoms with van der Waals surface area (Å²) in [5.41, 5.74) is 0.191. The lowest BCUT2D eigenvalue weighted by Gasteiger charge is -2.52. The van der Waals surface area contributed by atoms with Crippen LogP contribution in [0.2, 0.25) is 0 Å². The average Bonchev–Trinajstić information content (AvgIpc) is 1.94. The van der Waals surface area contributed by atoms with Crippen LogP contribution in [0, 0.1) is 5.41 Å². The van der Waals surface area contributed by atoms with Gasteiger partial charge in [0, 0.05) is 4.87 Å². The Morgan fingerprint density at radius 3 is 2.18 bits per heavy atom. The molecule has 2 heteroatoms. The first-order chi connectivity index (χ1) is 5.04. The molecule has 0 aliphatic heterocycles. The molecule has 2 bridgehead atoms. The maximum atomic E-state index is 9.74. The highest BCUT2D eigenvalue weighted by atomic mass is 35.5. The van der Waals surface area contributed by atoms with Gasteiger partial charge in [-0.15, -0.1) is 11.6 Å². The lowest BCUT2D eigenvalue weighted by atomic mass is 9.60. The molecule has 0 aromatic heterocycles. The first-order valence-corrected chi connectivity index (χ1v) is 4.79. The Morgan fingerprint density at radius 1 is 1.27 bits per heavy atom. The summed E-state index contributed by atoms with van der Waals surface area (Å²) in [6, 6.07) is 0. The van der Waals surface area contributed by atoms with Gasteiger partial charge in [-0.1, -0.05) is 6.92 Å². The number of aliphatic hydroxyl groups excluding tert-OH is 1. The number of fused-ring (bicyclic) bond motifs is 3. The molecule has 3 saturated carbocycles. The lowest BCUT2D eigenvalue weighted by molar-refractivity contribution is -0.0544. The largest absolute Gasteiger partial charge is 0.392 e. The van der Waals surface area contributed by atoms with Gasteiger partial charge < -0.3 is 5.11 Å². The second-order valence-corrected chi connectivity index (χ2v) is 5.33. The van der Waals surface area contributed by atoms with Crippen LogP contribution in [0.25, 0.3) is 0 Å². The monoisotopic (exact) mass is 174 g/mol. The van der Waals surface area contributed by atoms with Crippen LogP contribution in [-0.4, -0.2) is 16.1 Å². The zero-order valence-electron chi connectivity index (χ0n) is 6.94. The molecule has 1 unspecified atom stereocenters. The number of alkyl halides is 1. The molecular weight excluding hydrogens is 160 g/mol. The second kappa shape index (κ2) is 2.14. The van der Waals surface area contributed by atoms with Gasteiger partial charge in [0.05, 0.1) is 6.10 Å². The van der Waals surface area contributed by atoms with Crippen molar-refractivity contribution >= 4 is 11.6 Å². The van der Waals surface area contributed by atoms with Gasteiger partial charge in [0.25, 0.3) is 0 Å². The quantitative estimate of drug-likeness (QED) is 0.559. The Morgan fingerprint density at radius 2 is 1.82 bits per heavy atom. The summed E-state index contributed by atoms with van der Waals surface area (Å²) in [7, 11) is 0. The Kier molecular flexibility index (Phi) is 1.53. The van der Waals surface area contributed by atoms with E-state index in [2.05, 4.69) is 6.92 Å². The molecule has 1 nitrogen and oxygen atoms in total. The molecule has 0 aromatic rings. The van der Waals surface area contributed by atoms with Crippen LogP contribution in [0.4, 0.5) is 0 Å². The van der Waals surface area contributed by atoms with Gasteiger partial charge in [-0.25, -0.2) is 0 Å². The van der Waals surface area contributed by atoms with Gasteiger partial charge in [-0.3, -0.25) is 0 Å². The fourth-order valence-corrected chi connectivity index (χ4v) is 2.73. The topological polar surface area (TPSA) is 20.2 Å². The first kappa shape index (κ1) is 7.88. The maximum absolute atomic E-state index is 9.74. The fraction of sp³-hybridized carbons (Fsp3) is 1.00. The van der Waals surface area contributed by atoms with Gasteiger partial charge in [0.15, 0.2) is 0 Å². The highest BCUT2D eigenvalue weighted by Gasteiger charge is 2.50. The molecule has 3 aliphatic rings. The minimum Gasteiger partial charge on any atom is -0.392 e. The van der Waals surface area contributed by atoms with Crippen LogP contribution in [-0.2, 0) is 0 Å². The Balaban J connectivity index is 2.22. The van der Waals surface area contributed by atoms with Gasteiger partial charge in [-0.05, 0) is 37.5 Å². The minimum atomic E-state index is -0.150. The third-order valence-corrected chi connectivity index (χ3v) is 4.18. The van der Waals surface area contributed by atoms with Gasteiger partial charge >= 0.3 is 0 Å². The summed E-state index contributed by atoms with van der Waals surface area (Å²) < 4.78 is 0. The average molecular weight is 175 g/mol. The highest BCUT2D eigenvalue weighted by molar-refractivity contribution is 6.24. The first-order valence-electron chi connectivity index (χ1n) is 4.41. The van der Waals surface area contributed by atoms with Crippen LogP contribution < -0.4 is 0 Å². The number of aliphatic hydroxyl groups is 1. The van der Waals surface area contributed by atoms with Crippen molar-refractivity contribution in [2.24, 2.45) is 5.41 Å². The van der Waals surface area contributed by atoms with E-state index in [1.807, 2.05) is 0 Å². The van der Waals surface area contributed by atoms with Crippen molar-refractivity contribution in [1.29, 1.82) is 0 Å². The Hall–Kier alpha value is 0.250. The van der Waals surface area contributed by atoms with Gasteiger partial charge in [0.1, 0.15) is 0 Å². The Bertz CT molecular complexity index is 170. The van der Waals surface area contributed by atoms with Crippen LogP contribution >= 0.6 is 11.6 Å². The number of halogens is 1. The predicted molar refractivity (Wildman–Crippen MR) is 45.8 cm³/mol. The molecule has 0 saturated heterocycles. The summed E-state index contributed by atoms with van der Waals surface area (Å²) in [6.07, 6.45) is 5.08. The summed E-state index contributed by atoms with van der Waals surface area (Å²) in [5, 5.41) is 9.74. The van der Waals surface area contributed by atoms with E-state index in [9.17, 15) is 5.11 Å². The molecule has 0 amide bonds. The smallest absolute Gasteiger partial charge is 0.0610 e. The summed E-state index contributed by atoms with van der Waals surface area (Å²) in [6.45, 7) is 2.19.